The summed E-state index contributed by atoms with van der Waals surface area (Å²) < 4.78 is 7.39. The van der Waals surface area contributed by atoms with Crippen LogP contribution in [-0.4, -0.2) is 36.1 Å². The molecule has 0 saturated carbocycles. The van der Waals surface area contributed by atoms with E-state index in [-0.39, 0.29) is 5.37 Å². The number of aromatic nitrogens is 3. The third kappa shape index (κ3) is 2.80. The summed E-state index contributed by atoms with van der Waals surface area (Å²) in [5, 5.41) is 9.60. The Balaban J connectivity index is 1.63. The van der Waals surface area contributed by atoms with Gasteiger partial charge in [-0.3, -0.25) is 0 Å². The molecule has 0 amide bonds. The highest BCUT2D eigenvalue weighted by molar-refractivity contribution is 7.99. The van der Waals surface area contributed by atoms with Gasteiger partial charge >= 0.3 is 0 Å². The third-order valence-electron chi connectivity index (χ3n) is 4.16. The fraction of sp³-hybridized carbons (Fsp3) is 0.222. The van der Waals surface area contributed by atoms with E-state index in [1.807, 2.05) is 43.0 Å². The zero-order valence-electron chi connectivity index (χ0n) is 14.3. The Morgan fingerprint density at radius 3 is 2.56 bits per heavy atom. The van der Waals surface area contributed by atoms with Gasteiger partial charge in [-0.25, -0.2) is 4.68 Å². The molecule has 3 aromatic rings. The molecule has 0 radical (unpaired) electrons. The van der Waals surface area contributed by atoms with Crippen LogP contribution in [0.1, 0.15) is 10.9 Å². The van der Waals surface area contributed by atoms with Gasteiger partial charge in [0.05, 0.1) is 12.7 Å². The number of nitrogens with one attached hydrogen (secondary N) is 1. The fourth-order valence-corrected chi connectivity index (χ4v) is 3.80. The Labute approximate surface area is 150 Å². The van der Waals surface area contributed by atoms with E-state index < -0.39 is 0 Å². The highest BCUT2D eigenvalue weighted by atomic mass is 32.2. The molecule has 0 bridgehead atoms. The number of thioether (sulfide) groups is 1. The van der Waals surface area contributed by atoms with E-state index in [0.29, 0.717) is 0 Å². The molecule has 1 aliphatic heterocycles. The summed E-state index contributed by atoms with van der Waals surface area (Å²) >= 11 is 1.66. The molecule has 1 unspecified atom stereocenters. The first-order valence-corrected chi connectivity index (χ1v) is 8.84. The van der Waals surface area contributed by atoms with Gasteiger partial charge < -0.3 is 15.1 Å². The van der Waals surface area contributed by atoms with E-state index >= 15 is 0 Å². The van der Waals surface area contributed by atoms with Gasteiger partial charge in [0.25, 0.3) is 0 Å². The van der Waals surface area contributed by atoms with Crippen molar-refractivity contribution in [1.29, 1.82) is 0 Å². The third-order valence-corrected chi connectivity index (χ3v) is 5.25. The number of hydrogen-bond acceptors (Lipinski definition) is 6. The number of hydrogen-bond donors (Lipinski definition) is 1. The minimum Gasteiger partial charge on any atom is -0.496 e. The second kappa shape index (κ2) is 6.33. The van der Waals surface area contributed by atoms with Gasteiger partial charge in [0.2, 0.25) is 5.16 Å². The maximum absolute atomic E-state index is 5.46. The van der Waals surface area contributed by atoms with Crippen molar-refractivity contribution in [3.63, 3.8) is 0 Å². The molecule has 1 aliphatic rings. The standard InChI is InChI=1S/C18H19N5OS/c1-22(2)13-10-8-12(9-11-13)17-21-23-16(19-20-18(23)25-17)14-6-4-5-7-15(14)24-3/h4-11,17,21H,1-3H3. The quantitative estimate of drug-likeness (QED) is 0.776. The molecule has 128 valence electrons. The molecule has 6 nitrogen and oxygen atoms in total. The zero-order chi connectivity index (χ0) is 17.4. The maximum atomic E-state index is 5.46. The number of nitrogens with zero attached hydrogens (tertiary/aromatic N) is 4. The monoisotopic (exact) mass is 353 g/mol. The van der Waals surface area contributed by atoms with Crippen LogP contribution in [-0.2, 0) is 0 Å². The van der Waals surface area contributed by atoms with E-state index in [1.165, 1.54) is 11.3 Å². The van der Waals surface area contributed by atoms with E-state index in [9.17, 15) is 0 Å². The van der Waals surface area contributed by atoms with Crippen LogP contribution in [0.5, 0.6) is 5.75 Å². The van der Waals surface area contributed by atoms with Crippen molar-refractivity contribution in [1.82, 2.24) is 14.9 Å². The largest absolute Gasteiger partial charge is 0.496 e. The molecule has 0 spiro atoms. The molecular weight excluding hydrogens is 334 g/mol. The van der Waals surface area contributed by atoms with Crippen LogP contribution in [0.15, 0.2) is 53.7 Å². The highest BCUT2D eigenvalue weighted by Gasteiger charge is 2.29. The summed E-state index contributed by atoms with van der Waals surface area (Å²) in [6.45, 7) is 0. The van der Waals surface area contributed by atoms with Crippen molar-refractivity contribution < 1.29 is 4.74 Å². The summed E-state index contributed by atoms with van der Waals surface area (Å²) in [6, 6.07) is 16.4. The smallest absolute Gasteiger partial charge is 0.212 e. The Bertz CT molecular complexity index is 891. The molecule has 25 heavy (non-hydrogen) atoms. The minimum atomic E-state index is 0.107. The van der Waals surface area contributed by atoms with Crippen molar-refractivity contribution in [2.75, 3.05) is 31.5 Å². The van der Waals surface area contributed by atoms with Gasteiger partial charge in [0.1, 0.15) is 11.1 Å². The summed E-state index contributed by atoms with van der Waals surface area (Å²) in [7, 11) is 5.74. The van der Waals surface area contributed by atoms with Gasteiger partial charge in [-0.15, -0.1) is 10.2 Å². The topological polar surface area (TPSA) is 55.2 Å². The number of ether oxygens (including phenoxy) is 1. The normalized spacial score (nSPS) is 15.6. The first-order valence-electron chi connectivity index (χ1n) is 7.96. The van der Waals surface area contributed by atoms with Crippen LogP contribution in [0, 0.1) is 0 Å². The number of rotatable bonds is 4. The van der Waals surface area contributed by atoms with E-state index in [0.717, 1.165) is 22.3 Å². The molecular formula is C18H19N5OS. The van der Waals surface area contributed by atoms with Crippen molar-refractivity contribution in [3.05, 3.63) is 54.1 Å². The second-order valence-electron chi connectivity index (χ2n) is 5.95. The Hall–Kier alpha value is -2.67. The number of para-hydroxylation sites is 1. The van der Waals surface area contributed by atoms with Crippen molar-refractivity contribution in [3.8, 4) is 17.1 Å². The first-order chi connectivity index (χ1) is 12.2. The molecule has 1 atom stereocenters. The highest BCUT2D eigenvalue weighted by Crippen LogP contribution is 2.41. The molecule has 0 saturated heterocycles. The zero-order valence-corrected chi connectivity index (χ0v) is 15.1. The van der Waals surface area contributed by atoms with Crippen LogP contribution in [0.3, 0.4) is 0 Å². The van der Waals surface area contributed by atoms with Crippen LogP contribution in [0.4, 0.5) is 5.69 Å². The summed E-state index contributed by atoms with van der Waals surface area (Å²) in [5.41, 5.74) is 6.78. The van der Waals surface area contributed by atoms with E-state index in [4.69, 9.17) is 4.74 Å². The minimum absolute atomic E-state index is 0.107. The molecule has 7 heteroatoms. The van der Waals surface area contributed by atoms with Gasteiger partial charge in [-0.2, -0.15) is 0 Å². The average molecular weight is 353 g/mol. The second-order valence-corrected chi connectivity index (χ2v) is 7.03. The predicted octanol–water partition coefficient (Wildman–Crippen LogP) is 3.37. The summed E-state index contributed by atoms with van der Waals surface area (Å²) in [4.78, 5) is 2.09. The van der Waals surface area contributed by atoms with Crippen molar-refractivity contribution in [2.24, 2.45) is 0 Å². The molecule has 0 aliphatic carbocycles. The lowest BCUT2D eigenvalue weighted by Crippen LogP contribution is -2.14. The van der Waals surface area contributed by atoms with Crippen molar-refractivity contribution in [2.45, 2.75) is 10.5 Å². The average Bonchev–Trinajstić information content (AvgIpc) is 3.22. The van der Waals surface area contributed by atoms with Gasteiger partial charge in [0, 0.05) is 19.8 Å². The van der Waals surface area contributed by atoms with Gasteiger partial charge in [-0.1, -0.05) is 36.0 Å². The Morgan fingerprint density at radius 2 is 1.84 bits per heavy atom. The van der Waals surface area contributed by atoms with Crippen LogP contribution < -0.4 is 15.1 Å². The van der Waals surface area contributed by atoms with E-state index in [2.05, 4.69) is 44.8 Å². The molecule has 2 heterocycles. The molecule has 1 aromatic heterocycles. The lowest BCUT2D eigenvalue weighted by molar-refractivity contribution is 0.416. The van der Waals surface area contributed by atoms with Crippen LogP contribution >= 0.6 is 11.8 Å². The lowest BCUT2D eigenvalue weighted by Gasteiger charge is -2.16. The number of anilines is 1. The first kappa shape index (κ1) is 15.8. The number of methoxy groups -OCH3 is 1. The van der Waals surface area contributed by atoms with Gasteiger partial charge in [0.15, 0.2) is 5.82 Å². The summed E-state index contributed by atoms with van der Waals surface area (Å²) in [6.07, 6.45) is 0. The number of benzene rings is 2. The van der Waals surface area contributed by atoms with Crippen LogP contribution in [0.25, 0.3) is 11.4 Å². The molecule has 4 rings (SSSR count). The van der Waals surface area contributed by atoms with Crippen molar-refractivity contribution >= 4 is 17.4 Å². The summed E-state index contributed by atoms with van der Waals surface area (Å²) in [5.74, 6) is 1.54. The molecule has 2 aromatic carbocycles. The molecule has 0 fully saturated rings. The van der Waals surface area contributed by atoms with Crippen LogP contribution in [0.2, 0.25) is 0 Å². The van der Waals surface area contributed by atoms with E-state index in [1.54, 1.807) is 18.9 Å². The maximum Gasteiger partial charge on any atom is 0.212 e. The molecule has 1 N–H and O–H groups in total. The SMILES string of the molecule is COc1ccccc1-c1nnc2n1NC(c1ccc(N(C)C)cc1)S2. The van der Waals surface area contributed by atoms with Gasteiger partial charge in [-0.05, 0) is 29.8 Å². The lowest BCUT2D eigenvalue weighted by atomic mass is 10.2. The Kier molecular flexibility index (Phi) is 4.01. The Morgan fingerprint density at radius 1 is 1.08 bits per heavy atom. The predicted molar refractivity (Wildman–Crippen MR) is 101 cm³/mol. The number of fused-ring (bicyclic) bond motifs is 1. The fourth-order valence-electron chi connectivity index (χ4n) is 2.81.